The van der Waals surface area contributed by atoms with Gasteiger partial charge in [0.15, 0.2) is 12.4 Å². The Kier molecular flexibility index (Phi) is 5.86. The van der Waals surface area contributed by atoms with E-state index in [1.807, 2.05) is 50.2 Å². The van der Waals surface area contributed by atoms with Gasteiger partial charge in [0.05, 0.1) is 11.0 Å². The highest BCUT2D eigenvalue weighted by Crippen LogP contribution is 2.31. The van der Waals surface area contributed by atoms with Gasteiger partial charge < -0.3 is 9.72 Å². The van der Waals surface area contributed by atoms with Gasteiger partial charge in [-0.2, -0.15) is 5.21 Å². The van der Waals surface area contributed by atoms with Gasteiger partial charge in [-0.1, -0.05) is 23.4 Å². The van der Waals surface area contributed by atoms with Crippen LogP contribution in [0.4, 0.5) is 0 Å². The van der Waals surface area contributed by atoms with Crippen molar-refractivity contribution in [1.82, 2.24) is 30.6 Å². The van der Waals surface area contributed by atoms with Gasteiger partial charge in [0.1, 0.15) is 11.6 Å². The van der Waals surface area contributed by atoms with Crippen LogP contribution >= 0.6 is 0 Å². The van der Waals surface area contributed by atoms with Crippen LogP contribution in [0.1, 0.15) is 44.0 Å². The van der Waals surface area contributed by atoms with Gasteiger partial charge in [-0.05, 0) is 85.8 Å². The minimum absolute atomic E-state index is 0.0850. The van der Waals surface area contributed by atoms with Gasteiger partial charge >= 0.3 is 0 Å². The molecule has 8 nitrogen and oxygen atoms in total. The van der Waals surface area contributed by atoms with Crippen molar-refractivity contribution in [2.45, 2.75) is 40.7 Å². The fourth-order valence-corrected chi connectivity index (χ4v) is 4.27. The molecule has 0 aliphatic carbocycles. The van der Waals surface area contributed by atoms with Gasteiger partial charge in [-0.25, -0.2) is 4.98 Å². The molecular formula is C27H26N6O2. The quantitative estimate of drug-likeness (QED) is 0.327. The predicted octanol–water partition coefficient (Wildman–Crippen LogP) is 4.98. The fourth-order valence-electron chi connectivity index (χ4n) is 4.27. The number of fused-ring (bicyclic) bond motifs is 1. The summed E-state index contributed by atoms with van der Waals surface area (Å²) in [5, 5.41) is 13.8. The molecule has 0 radical (unpaired) electrons. The Labute approximate surface area is 202 Å². The lowest BCUT2D eigenvalue weighted by atomic mass is 9.99. The maximum atomic E-state index is 13.0. The lowest BCUT2D eigenvalue weighted by Gasteiger charge is -2.11. The zero-order valence-corrected chi connectivity index (χ0v) is 20.1. The van der Waals surface area contributed by atoms with E-state index in [0.717, 1.165) is 44.9 Å². The van der Waals surface area contributed by atoms with E-state index < -0.39 is 0 Å². The first-order valence-electron chi connectivity index (χ1n) is 11.4. The lowest BCUT2D eigenvalue weighted by molar-refractivity contribution is 0.0993. The molecule has 5 aromatic rings. The second-order valence-electron chi connectivity index (χ2n) is 8.88. The molecule has 0 amide bonds. The minimum atomic E-state index is 0.0850. The molecule has 0 bridgehead atoms. The van der Waals surface area contributed by atoms with Gasteiger partial charge in [0.2, 0.25) is 5.82 Å². The Morgan fingerprint density at radius 2 is 1.71 bits per heavy atom. The van der Waals surface area contributed by atoms with Crippen molar-refractivity contribution in [1.29, 1.82) is 0 Å². The molecule has 0 aliphatic rings. The molecule has 0 unspecified atom stereocenters. The van der Waals surface area contributed by atoms with Crippen molar-refractivity contribution in [2.75, 3.05) is 0 Å². The minimum Gasteiger partial charge on any atom is -0.485 e. The first-order valence-corrected chi connectivity index (χ1v) is 11.4. The standard InChI is InChI=1S/C27H26N6O2/c1-15-5-6-19(9-16(15)2)12-24(34)20-7-8-22-23(13-20)29-27(28-22)26-17(3)10-21(11-18(26)4)35-14-25-30-32-33-31-25/h5-11,13H,12,14H2,1-4H3,(H,28,29)(H,30,31,32,33). The third-order valence-corrected chi connectivity index (χ3v) is 6.24. The summed E-state index contributed by atoms with van der Waals surface area (Å²) in [7, 11) is 0. The third-order valence-electron chi connectivity index (χ3n) is 6.24. The van der Waals surface area contributed by atoms with Crippen molar-refractivity contribution >= 4 is 16.8 Å². The van der Waals surface area contributed by atoms with Crippen LogP contribution in [0.2, 0.25) is 0 Å². The first-order chi connectivity index (χ1) is 16.9. The fraction of sp³-hybridized carbons (Fsp3) is 0.222. The van der Waals surface area contributed by atoms with E-state index in [9.17, 15) is 4.79 Å². The number of carbonyl (C=O) groups is 1. The predicted molar refractivity (Wildman–Crippen MR) is 133 cm³/mol. The van der Waals surface area contributed by atoms with Crippen LogP contribution in [0, 0.1) is 27.7 Å². The van der Waals surface area contributed by atoms with E-state index in [0.29, 0.717) is 17.8 Å². The van der Waals surface area contributed by atoms with Crippen LogP contribution in [0.25, 0.3) is 22.4 Å². The molecule has 0 saturated carbocycles. The van der Waals surface area contributed by atoms with Crippen LogP contribution in [0.3, 0.4) is 0 Å². The number of tetrazole rings is 1. The Balaban J connectivity index is 1.38. The number of aromatic nitrogens is 6. The Bertz CT molecular complexity index is 1510. The van der Waals surface area contributed by atoms with E-state index in [-0.39, 0.29) is 12.4 Å². The molecule has 3 aromatic carbocycles. The lowest BCUT2D eigenvalue weighted by Crippen LogP contribution is -2.04. The Morgan fingerprint density at radius 1 is 0.914 bits per heavy atom. The highest BCUT2D eigenvalue weighted by Gasteiger charge is 2.15. The number of Topliss-reactive ketones (excluding diaryl/α,β-unsaturated/α-hetero) is 1. The number of nitrogens with zero attached hydrogens (tertiary/aromatic N) is 4. The summed E-state index contributed by atoms with van der Waals surface area (Å²) in [4.78, 5) is 21.2. The van der Waals surface area contributed by atoms with E-state index in [4.69, 9.17) is 9.72 Å². The summed E-state index contributed by atoms with van der Waals surface area (Å²) < 4.78 is 5.81. The molecule has 176 valence electrons. The van der Waals surface area contributed by atoms with E-state index in [2.05, 4.69) is 51.6 Å². The SMILES string of the molecule is Cc1ccc(CC(=O)c2ccc3nc(-c4c(C)cc(OCc5nn[nH]n5)cc4C)[nH]c3c2)cc1C. The summed E-state index contributed by atoms with van der Waals surface area (Å²) in [5.74, 6) is 2.06. The van der Waals surface area contributed by atoms with Crippen LogP contribution in [-0.2, 0) is 13.0 Å². The van der Waals surface area contributed by atoms with Crippen LogP contribution in [0.15, 0.2) is 48.5 Å². The van der Waals surface area contributed by atoms with Crippen LogP contribution < -0.4 is 4.74 Å². The number of carbonyl (C=O) groups excluding carboxylic acids is 1. The van der Waals surface area contributed by atoms with Gasteiger partial charge in [0.25, 0.3) is 0 Å². The molecule has 0 atom stereocenters. The first kappa shape index (κ1) is 22.5. The number of hydrogen-bond donors (Lipinski definition) is 2. The van der Waals surface area contributed by atoms with Crippen molar-refractivity contribution in [3.05, 3.63) is 87.7 Å². The van der Waals surface area contributed by atoms with Crippen molar-refractivity contribution in [3.8, 4) is 17.1 Å². The number of imidazole rings is 1. The molecule has 0 spiro atoms. The Morgan fingerprint density at radius 3 is 2.43 bits per heavy atom. The number of rotatable bonds is 7. The Hall–Kier alpha value is -4.33. The smallest absolute Gasteiger partial charge is 0.211 e. The van der Waals surface area contributed by atoms with E-state index in [1.165, 1.54) is 11.1 Å². The van der Waals surface area contributed by atoms with E-state index >= 15 is 0 Å². The molecule has 2 aromatic heterocycles. The maximum Gasteiger partial charge on any atom is 0.211 e. The van der Waals surface area contributed by atoms with Crippen LogP contribution in [-0.4, -0.2) is 36.4 Å². The second kappa shape index (κ2) is 9.13. The number of hydrogen-bond acceptors (Lipinski definition) is 6. The number of H-pyrrole nitrogens is 2. The van der Waals surface area contributed by atoms with Crippen molar-refractivity contribution in [2.24, 2.45) is 0 Å². The number of ether oxygens (including phenoxy) is 1. The molecule has 35 heavy (non-hydrogen) atoms. The van der Waals surface area contributed by atoms with E-state index in [1.54, 1.807) is 0 Å². The average Bonchev–Trinajstić information content (AvgIpc) is 3.49. The van der Waals surface area contributed by atoms with Gasteiger partial charge in [-0.3, -0.25) is 4.79 Å². The largest absolute Gasteiger partial charge is 0.485 e. The zero-order chi connectivity index (χ0) is 24.5. The molecule has 2 N–H and O–H groups in total. The maximum absolute atomic E-state index is 13.0. The highest BCUT2D eigenvalue weighted by molar-refractivity contribution is 6.00. The number of benzene rings is 3. The molecule has 0 saturated heterocycles. The number of ketones is 1. The summed E-state index contributed by atoms with van der Waals surface area (Å²) in [6, 6.07) is 15.7. The third kappa shape index (κ3) is 4.68. The second-order valence-corrected chi connectivity index (χ2v) is 8.88. The van der Waals surface area contributed by atoms with Crippen molar-refractivity contribution in [3.63, 3.8) is 0 Å². The zero-order valence-electron chi connectivity index (χ0n) is 20.1. The molecule has 8 heteroatoms. The summed E-state index contributed by atoms with van der Waals surface area (Å²) in [6.07, 6.45) is 0.372. The molecule has 0 aliphatic heterocycles. The number of nitrogens with one attached hydrogen (secondary N) is 2. The summed E-state index contributed by atoms with van der Waals surface area (Å²) in [6.45, 7) is 8.42. The van der Waals surface area contributed by atoms with Gasteiger partial charge in [0, 0.05) is 17.5 Å². The summed E-state index contributed by atoms with van der Waals surface area (Å²) in [5.41, 5.74) is 8.83. The molecule has 2 heterocycles. The summed E-state index contributed by atoms with van der Waals surface area (Å²) >= 11 is 0. The normalized spacial score (nSPS) is 11.2. The molecule has 0 fully saturated rings. The average molecular weight is 467 g/mol. The topological polar surface area (TPSA) is 109 Å². The number of aryl methyl sites for hydroxylation is 4. The van der Waals surface area contributed by atoms with Gasteiger partial charge in [-0.15, -0.1) is 10.2 Å². The highest BCUT2D eigenvalue weighted by atomic mass is 16.5. The number of aromatic amines is 2. The van der Waals surface area contributed by atoms with Crippen LogP contribution in [0.5, 0.6) is 5.75 Å². The molecular weight excluding hydrogens is 440 g/mol. The van der Waals surface area contributed by atoms with Crippen molar-refractivity contribution < 1.29 is 9.53 Å². The molecule has 5 rings (SSSR count). The monoisotopic (exact) mass is 466 g/mol.